The molecule has 1 aromatic carbocycles. The fourth-order valence-corrected chi connectivity index (χ4v) is 6.49. The van der Waals surface area contributed by atoms with Crippen LogP contribution in [0.25, 0.3) is 10.9 Å². The summed E-state index contributed by atoms with van der Waals surface area (Å²) in [4.78, 5) is 23.8. The van der Waals surface area contributed by atoms with Crippen molar-refractivity contribution in [2.24, 2.45) is 0 Å². The lowest BCUT2D eigenvalue weighted by molar-refractivity contribution is 0.0633. The number of carbonyl (C=O) groups excluding carboxylic acids is 1. The third kappa shape index (κ3) is 5.14. The van der Waals surface area contributed by atoms with E-state index >= 15 is 0 Å². The van der Waals surface area contributed by atoms with E-state index in [-0.39, 0.29) is 46.4 Å². The second-order valence-electron chi connectivity index (χ2n) is 9.60. The monoisotopic (exact) mass is 536 g/mol. The first-order valence-electron chi connectivity index (χ1n) is 12.3. The summed E-state index contributed by atoms with van der Waals surface area (Å²) >= 11 is 0. The Morgan fingerprint density at radius 3 is 2.37 bits per heavy atom. The number of methoxy groups -OCH3 is 1. The number of carbonyl (C=O) groups is 1. The van der Waals surface area contributed by atoms with E-state index in [1.165, 1.54) is 25.6 Å². The summed E-state index contributed by atoms with van der Waals surface area (Å²) in [5.74, 6) is -0.598. The second kappa shape index (κ2) is 10.9. The Kier molecular flexibility index (Phi) is 7.84. The van der Waals surface area contributed by atoms with Gasteiger partial charge in [0.1, 0.15) is 11.7 Å². The molecule has 38 heavy (non-hydrogen) atoms. The van der Waals surface area contributed by atoms with Gasteiger partial charge in [-0.1, -0.05) is 30.3 Å². The molecular weight excluding hydrogens is 504 g/mol. The van der Waals surface area contributed by atoms with Crippen molar-refractivity contribution in [1.29, 1.82) is 0 Å². The van der Waals surface area contributed by atoms with E-state index in [9.17, 15) is 18.3 Å². The number of aliphatic hydroxyl groups is 1. The van der Waals surface area contributed by atoms with Crippen LogP contribution >= 0.6 is 0 Å². The number of nitrogens with zero attached hydrogens (tertiary/aromatic N) is 4. The van der Waals surface area contributed by atoms with Gasteiger partial charge >= 0.3 is 0 Å². The molecule has 1 atom stereocenters. The van der Waals surface area contributed by atoms with Crippen LogP contribution in [0.1, 0.15) is 61.0 Å². The Hall–Kier alpha value is -3.76. The van der Waals surface area contributed by atoms with Crippen molar-refractivity contribution in [3.63, 3.8) is 0 Å². The summed E-state index contributed by atoms with van der Waals surface area (Å²) in [7, 11) is -2.59. The predicted octanol–water partition coefficient (Wildman–Crippen LogP) is 4.16. The average Bonchev–Trinajstić information content (AvgIpc) is 3.28. The van der Waals surface area contributed by atoms with Crippen LogP contribution in [0, 0.1) is 0 Å². The molecule has 0 spiro atoms. The number of hydrogen-bond donors (Lipinski definition) is 1. The minimum Gasteiger partial charge on any atom is -0.480 e. The van der Waals surface area contributed by atoms with Gasteiger partial charge in [0.15, 0.2) is 0 Å². The van der Waals surface area contributed by atoms with Crippen LogP contribution < -0.4 is 4.74 Å². The van der Waals surface area contributed by atoms with Gasteiger partial charge in [0.05, 0.1) is 24.1 Å². The molecule has 0 aliphatic heterocycles. The molecular formula is C28H32N4O5S. The fourth-order valence-electron chi connectivity index (χ4n) is 4.81. The van der Waals surface area contributed by atoms with Crippen molar-refractivity contribution < 1.29 is 23.1 Å². The highest BCUT2D eigenvalue weighted by molar-refractivity contribution is 7.89. The second-order valence-corrected chi connectivity index (χ2v) is 11.4. The molecule has 1 unspecified atom stereocenters. The van der Waals surface area contributed by atoms with E-state index in [1.54, 1.807) is 47.5 Å². The standard InChI is InChI=1S/C28H32N4O5S/c1-18(2)31(19(3)4)28(34)25-22(11-14-30-27(25)37-5)26(33)24-15-21-16-29-13-12-23(21)32(24)38(35,36)17-20-9-7-6-8-10-20/h6-16,18-19,26,33H,17H2,1-5H3. The summed E-state index contributed by atoms with van der Waals surface area (Å²) in [6.45, 7) is 7.60. The van der Waals surface area contributed by atoms with Gasteiger partial charge in [-0.05, 0) is 51.5 Å². The zero-order valence-electron chi connectivity index (χ0n) is 22.1. The van der Waals surface area contributed by atoms with Gasteiger partial charge in [0.25, 0.3) is 5.91 Å². The van der Waals surface area contributed by atoms with Crippen LogP contribution in [-0.2, 0) is 15.8 Å². The van der Waals surface area contributed by atoms with Crippen LogP contribution in [0.15, 0.2) is 67.1 Å². The van der Waals surface area contributed by atoms with Gasteiger partial charge < -0.3 is 14.7 Å². The van der Waals surface area contributed by atoms with Gasteiger partial charge in [0.2, 0.25) is 15.9 Å². The quantitative estimate of drug-likeness (QED) is 0.342. The molecule has 4 aromatic rings. The molecule has 0 fully saturated rings. The summed E-state index contributed by atoms with van der Waals surface area (Å²) in [6, 6.07) is 13.2. The Bertz CT molecular complexity index is 1540. The molecule has 200 valence electrons. The molecule has 3 heterocycles. The highest BCUT2D eigenvalue weighted by atomic mass is 32.2. The number of fused-ring (bicyclic) bond motifs is 1. The maximum atomic E-state index is 13.8. The molecule has 1 N–H and O–H groups in total. The molecule has 1 amide bonds. The normalized spacial score (nSPS) is 12.7. The molecule has 10 heteroatoms. The summed E-state index contributed by atoms with van der Waals surface area (Å²) in [6.07, 6.45) is 2.99. The maximum absolute atomic E-state index is 13.8. The van der Waals surface area contributed by atoms with Crippen LogP contribution in [-0.4, -0.2) is 57.5 Å². The van der Waals surface area contributed by atoms with Gasteiger partial charge in [-0.2, -0.15) is 0 Å². The van der Waals surface area contributed by atoms with Gasteiger partial charge in [-0.25, -0.2) is 17.4 Å². The predicted molar refractivity (Wildman–Crippen MR) is 145 cm³/mol. The largest absolute Gasteiger partial charge is 0.480 e. The number of amides is 1. The van der Waals surface area contributed by atoms with E-state index in [0.717, 1.165) is 3.97 Å². The zero-order chi connectivity index (χ0) is 27.6. The Morgan fingerprint density at radius 1 is 1.05 bits per heavy atom. The SMILES string of the molecule is COc1nccc(C(O)c2cc3cnccc3n2S(=O)(=O)Cc2ccccc2)c1C(=O)N(C(C)C)C(C)C. The number of pyridine rings is 2. The van der Waals surface area contributed by atoms with E-state index in [1.807, 2.05) is 33.8 Å². The van der Waals surface area contributed by atoms with Crippen molar-refractivity contribution in [2.45, 2.75) is 51.6 Å². The van der Waals surface area contributed by atoms with E-state index < -0.39 is 16.1 Å². The molecule has 4 rings (SSSR count). The number of aliphatic hydroxyl groups excluding tert-OH is 1. The first-order chi connectivity index (χ1) is 18.1. The molecule has 0 aliphatic rings. The van der Waals surface area contributed by atoms with Crippen molar-refractivity contribution in [1.82, 2.24) is 18.8 Å². The maximum Gasteiger partial charge on any atom is 0.260 e. The zero-order valence-corrected chi connectivity index (χ0v) is 22.9. The average molecular weight is 537 g/mol. The van der Waals surface area contributed by atoms with E-state index in [2.05, 4.69) is 9.97 Å². The Morgan fingerprint density at radius 2 is 1.74 bits per heavy atom. The van der Waals surface area contributed by atoms with Gasteiger partial charge in [-0.3, -0.25) is 9.78 Å². The highest BCUT2D eigenvalue weighted by Gasteiger charge is 2.33. The number of aromatic nitrogens is 3. The van der Waals surface area contributed by atoms with Gasteiger partial charge in [-0.15, -0.1) is 0 Å². The first kappa shape index (κ1) is 27.3. The van der Waals surface area contributed by atoms with Crippen molar-refractivity contribution in [3.8, 4) is 5.88 Å². The molecule has 0 saturated carbocycles. The number of ether oxygens (including phenoxy) is 1. The van der Waals surface area contributed by atoms with Crippen LogP contribution in [0.4, 0.5) is 0 Å². The molecule has 0 bridgehead atoms. The Balaban J connectivity index is 1.92. The number of rotatable bonds is 9. The van der Waals surface area contributed by atoms with E-state index in [0.29, 0.717) is 16.5 Å². The summed E-state index contributed by atoms with van der Waals surface area (Å²) in [5, 5.41) is 12.3. The van der Waals surface area contributed by atoms with Crippen LogP contribution in [0.2, 0.25) is 0 Å². The molecule has 0 radical (unpaired) electrons. The van der Waals surface area contributed by atoms with Crippen molar-refractivity contribution in [2.75, 3.05) is 7.11 Å². The minimum atomic E-state index is -3.99. The lowest BCUT2D eigenvalue weighted by Gasteiger charge is -2.32. The smallest absolute Gasteiger partial charge is 0.260 e. The molecule has 0 aliphatic carbocycles. The highest BCUT2D eigenvalue weighted by Crippen LogP contribution is 2.35. The lowest BCUT2D eigenvalue weighted by atomic mass is 9.99. The third-order valence-corrected chi connectivity index (χ3v) is 7.99. The number of benzene rings is 1. The first-order valence-corrected chi connectivity index (χ1v) is 13.9. The topological polar surface area (TPSA) is 115 Å². The van der Waals surface area contributed by atoms with E-state index in [4.69, 9.17) is 4.74 Å². The van der Waals surface area contributed by atoms with Crippen molar-refractivity contribution >= 4 is 26.8 Å². The van der Waals surface area contributed by atoms with Crippen LogP contribution in [0.5, 0.6) is 5.88 Å². The fraction of sp³-hybridized carbons (Fsp3) is 0.321. The molecule has 9 nitrogen and oxygen atoms in total. The molecule has 3 aromatic heterocycles. The van der Waals surface area contributed by atoms with Crippen molar-refractivity contribution in [3.05, 3.63) is 89.5 Å². The number of hydrogen-bond acceptors (Lipinski definition) is 7. The summed E-state index contributed by atoms with van der Waals surface area (Å²) in [5.41, 5.74) is 1.35. The third-order valence-electron chi connectivity index (χ3n) is 6.33. The minimum absolute atomic E-state index is 0.0503. The van der Waals surface area contributed by atoms with Crippen LogP contribution in [0.3, 0.4) is 0 Å². The van der Waals surface area contributed by atoms with Gasteiger partial charge in [0, 0.05) is 41.6 Å². The Labute approximate surface area is 222 Å². The summed E-state index contributed by atoms with van der Waals surface area (Å²) < 4.78 is 34.1. The lowest BCUT2D eigenvalue weighted by Crippen LogP contribution is -2.42. The molecule has 0 saturated heterocycles.